The van der Waals surface area contributed by atoms with Gasteiger partial charge < -0.3 is 44.3 Å². The molecule has 0 saturated carbocycles. The SMILES string of the molecule is COc1cc2c(cc1OCCOCCOCCOCCN1C(=O)C(=Cc3cc(Br)c(O)c(Br)c3)c3cc(I)ccc31)C(C)(CC(=O)Nc1nccs1)NCC2. The molecule has 292 valence electrons. The third-order valence-corrected chi connectivity index (χ3v) is 11.7. The number of aromatic hydroxyl groups is 1. The smallest absolute Gasteiger partial charge is 0.259 e. The van der Waals surface area contributed by atoms with E-state index >= 15 is 0 Å². The first-order chi connectivity index (χ1) is 26.6. The Morgan fingerprint density at radius 2 is 1.75 bits per heavy atom. The summed E-state index contributed by atoms with van der Waals surface area (Å²) in [6.07, 6.45) is 4.55. The second kappa shape index (κ2) is 19.4. The van der Waals surface area contributed by atoms with Crippen molar-refractivity contribution in [1.29, 1.82) is 0 Å². The van der Waals surface area contributed by atoms with E-state index in [2.05, 4.69) is 70.1 Å². The molecule has 1 atom stereocenters. The van der Waals surface area contributed by atoms with E-state index in [-0.39, 0.29) is 24.0 Å². The molecule has 3 aromatic carbocycles. The Hall–Kier alpha value is -3.10. The zero-order valence-corrected chi connectivity index (χ0v) is 36.4. The fourth-order valence-corrected chi connectivity index (χ4v) is 8.78. The minimum atomic E-state index is -0.584. The zero-order valence-electron chi connectivity index (χ0n) is 30.3. The quantitative estimate of drug-likeness (QED) is 0.0526. The summed E-state index contributed by atoms with van der Waals surface area (Å²) in [6.45, 7) is 5.73. The van der Waals surface area contributed by atoms with E-state index in [0.717, 1.165) is 44.5 Å². The Morgan fingerprint density at radius 3 is 2.44 bits per heavy atom. The van der Waals surface area contributed by atoms with Crippen LogP contribution in [-0.4, -0.2) is 88.4 Å². The first-order valence-electron chi connectivity index (χ1n) is 17.6. The number of anilines is 2. The second-order valence-corrected chi connectivity index (χ2v) is 16.8. The average molecular weight is 1010 g/mol. The van der Waals surface area contributed by atoms with Crippen LogP contribution in [0.5, 0.6) is 17.2 Å². The molecular weight excluding hydrogens is 971 g/mol. The van der Waals surface area contributed by atoms with Crippen LogP contribution < -0.4 is 25.0 Å². The lowest BCUT2D eigenvalue weighted by molar-refractivity contribution is -0.117. The highest BCUT2D eigenvalue weighted by atomic mass is 127. The number of nitrogens with zero attached hydrogens (tertiary/aromatic N) is 2. The number of carbonyl (C=O) groups is 2. The van der Waals surface area contributed by atoms with Crippen molar-refractivity contribution >= 4 is 100 Å². The number of rotatable bonds is 18. The van der Waals surface area contributed by atoms with Gasteiger partial charge >= 0.3 is 0 Å². The van der Waals surface area contributed by atoms with E-state index in [4.69, 9.17) is 23.7 Å². The predicted molar refractivity (Wildman–Crippen MR) is 228 cm³/mol. The minimum absolute atomic E-state index is 0.105. The van der Waals surface area contributed by atoms with Crippen LogP contribution in [0.1, 0.15) is 35.6 Å². The summed E-state index contributed by atoms with van der Waals surface area (Å²) < 4.78 is 31.1. The number of thiazole rings is 1. The topological polar surface area (TPSA) is 141 Å². The highest BCUT2D eigenvalue weighted by Crippen LogP contribution is 2.41. The Balaban J connectivity index is 0.899. The standard InChI is InChI=1S/C39H41Br2IN4O8S/c1-39(23-35(47)45-38-43-7-16-55-38)29-22-34(33(50-2)20-25(29)5-6-44-39)54-15-14-53-13-12-52-11-10-51-9-8-46-32-4-3-26(42)21-27(32)28(37(46)49)17-24-18-30(40)36(48)31(41)19-24/h3-4,7,16-22,44,48H,5-6,8-15,23H2,1-2H3,(H,43,45,47). The number of amides is 2. The number of hydrogen-bond acceptors (Lipinski definition) is 11. The summed E-state index contributed by atoms with van der Waals surface area (Å²) >= 11 is 10.4. The molecule has 2 aliphatic heterocycles. The Bertz CT molecular complexity index is 2010. The van der Waals surface area contributed by atoms with Crippen molar-refractivity contribution in [3.8, 4) is 17.2 Å². The number of phenols is 1. The number of ether oxygens (including phenoxy) is 5. The largest absolute Gasteiger partial charge is 0.506 e. The number of halogens is 3. The number of benzene rings is 3. The number of fused-ring (bicyclic) bond motifs is 2. The van der Waals surface area contributed by atoms with Crippen molar-refractivity contribution in [3.63, 3.8) is 0 Å². The lowest BCUT2D eigenvalue weighted by Crippen LogP contribution is -2.47. The van der Waals surface area contributed by atoms with Gasteiger partial charge in [0.1, 0.15) is 12.4 Å². The van der Waals surface area contributed by atoms with Crippen molar-refractivity contribution in [3.05, 3.63) is 88.8 Å². The van der Waals surface area contributed by atoms with Crippen molar-refractivity contribution in [2.45, 2.75) is 25.3 Å². The third kappa shape index (κ3) is 10.5. The molecule has 4 aromatic rings. The van der Waals surface area contributed by atoms with E-state index in [1.807, 2.05) is 48.7 Å². The van der Waals surface area contributed by atoms with Gasteiger partial charge in [0.2, 0.25) is 5.91 Å². The number of carbonyl (C=O) groups excluding carboxylic acids is 2. The van der Waals surface area contributed by atoms with Gasteiger partial charge in [0.25, 0.3) is 5.91 Å². The molecule has 6 rings (SSSR count). The fraction of sp³-hybridized carbons (Fsp3) is 0.359. The molecule has 2 amide bonds. The van der Waals surface area contributed by atoms with Crippen molar-refractivity contribution in [2.24, 2.45) is 0 Å². The van der Waals surface area contributed by atoms with E-state index in [0.29, 0.717) is 83.9 Å². The highest BCUT2D eigenvalue weighted by molar-refractivity contribution is 14.1. The first kappa shape index (κ1) is 41.5. The highest BCUT2D eigenvalue weighted by Gasteiger charge is 2.36. The van der Waals surface area contributed by atoms with Crippen LogP contribution in [0.25, 0.3) is 11.6 Å². The molecule has 0 spiro atoms. The van der Waals surface area contributed by atoms with Gasteiger partial charge in [-0.15, -0.1) is 11.3 Å². The van der Waals surface area contributed by atoms with Crippen LogP contribution in [0.3, 0.4) is 0 Å². The molecular formula is C39H41Br2IN4O8S. The Kier molecular flexibility index (Phi) is 14.6. The normalized spacial score (nSPS) is 17.0. The number of hydrogen-bond donors (Lipinski definition) is 3. The maximum absolute atomic E-state index is 13.6. The molecule has 1 aromatic heterocycles. The van der Waals surface area contributed by atoms with Gasteiger partial charge in [-0.05, 0) is 133 Å². The molecule has 0 bridgehead atoms. The van der Waals surface area contributed by atoms with Crippen LogP contribution >= 0.6 is 65.8 Å². The minimum Gasteiger partial charge on any atom is -0.506 e. The number of phenolic OH excluding ortho intramolecular Hbond substituents is 1. The summed E-state index contributed by atoms with van der Waals surface area (Å²) in [7, 11) is 1.62. The summed E-state index contributed by atoms with van der Waals surface area (Å²) in [5.41, 5.74) is 4.59. The van der Waals surface area contributed by atoms with Gasteiger partial charge in [-0.1, -0.05) is 0 Å². The van der Waals surface area contributed by atoms with E-state index < -0.39 is 5.54 Å². The fourth-order valence-electron chi connectivity index (χ4n) is 6.52. The molecule has 0 radical (unpaired) electrons. The van der Waals surface area contributed by atoms with Gasteiger partial charge in [0.15, 0.2) is 16.6 Å². The third-order valence-electron chi connectivity index (χ3n) is 9.14. The maximum Gasteiger partial charge on any atom is 0.259 e. The van der Waals surface area contributed by atoms with Crippen LogP contribution in [0.2, 0.25) is 0 Å². The molecule has 0 aliphatic carbocycles. The van der Waals surface area contributed by atoms with Crippen LogP contribution in [0, 0.1) is 3.57 Å². The molecule has 2 aliphatic rings. The molecule has 0 fully saturated rings. The maximum atomic E-state index is 13.6. The van der Waals surface area contributed by atoms with Crippen LogP contribution in [-0.2, 0) is 35.8 Å². The molecule has 3 N–H and O–H groups in total. The van der Waals surface area contributed by atoms with Gasteiger partial charge in [-0.3, -0.25) is 9.59 Å². The number of aromatic nitrogens is 1. The first-order valence-corrected chi connectivity index (χ1v) is 21.1. The van der Waals surface area contributed by atoms with E-state index in [1.54, 1.807) is 30.3 Å². The second-order valence-electron chi connectivity index (χ2n) is 12.9. The number of nitrogens with one attached hydrogen (secondary N) is 2. The molecule has 3 heterocycles. The summed E-state index contributed by atoms with van der Waals surface area (Å²) in [5.74, 6) is 1.11. The van der Waals surface area contributed by atoms with Gasteiger partial charge in [0.05, 0.1) is 61.4 Å². The summed E-state index contributed by atoms with van der Waals surface area (Å²) in [4.78, 5) is 32.3. The summed E-state index contributed by atoms with van der Waals surface area (Å²) in [6, 6.07) is 13.4. The Morgan fingerprint density at radius 1 is 1.04 bits per heavy atom. The predicted octanol–water partition coefficient (Wildman–Crippen LogP) is 7.39. The zero-order chi connectivity index (χ0) is 39.0. The lowest BCUT2D eigenvalue weighted by atomic mass is 9.81. The van der Waals surface area contributed by atoms with Crippen molar-refractivity contribution in [1.82, 2.24) is 10.3 Å². The average Bonchev–Trinajstić information content (AvgIpc) is 3.75. The van der Waals surface area contributed by atoms with Gasteiger partial charge in [-0.25, -0.2) is 4.98 Å². The molecule has 16 heteroatoms. The summed E-state index contributed by atoms with van der Waals surface area (Å²) in [5, 5.41) is 18.9. The van der Waals surface area contributed by atoms with Gasteiger partial charge in [-0.2, -0.15) is 0 Å². The molecule has 12 nitrogen and oxygen atoms in total. The molecule has 1 unspecified atom stereocenters. The van der Waals surface area contributed by atoms with E-state index in [9.17, 15) is 14.7 Å². The van der Waals surface area contributed by atoms with E-state index in [1.165, 1.54) is 11.3 Å². The molecule has 55 heavy (non-hydrogen) atoms. The van der Waals surface area contributed by atoms with Crippen LogP contribution in [0.4, 0.5) is 10.8 Å². The monoisotopic (exact) mass is 1010 g/mol. The Labute approximate surface area is 354 Å². The van der Waals surface area contributed by atoms with Gasteiger partial charge in [0, 0.05) is 51.3 Å². The number of methoxy groups -OCH3 is 1. The van der Waals surface area contributed by atoms with Crippen molar-refractivity contribution < 1.29 is 38.4 Å². The lowest BCUT2D eigenvalue weighted by Gasteiger charge is -2.37. The molecule has 0 saturated heterocycles. The van der Waals surface area contributed by atoms with Crippen LogP contribution in [0.15, 0.2) is 63.0 Å². The van der Waals surface area contributed by atoms with Crippen molar-refractivity contribution in [2.75, 3.05) is 76.7 Å².